The second-order valence-electron chi connectivity index (χ2n) is 8.09. The zero-order valence-electron chi connectivity index (χ0n) is 17.6. The average Bonchev–Trinajstić information content (AvgIpc) is 2.66. The van der Waals surface area contributed by atoms with Crippen LogP contribution in [-0.2, 0) is 6.54 Å². The van der Waals surface area contributed by atoms with E-state index in [0.29, 0.717) is 18.2 Å². The molecule has 1 aliphatic carbocycles. The Kier molecular flexibility index (Phi) is 8.14. The molecule has 0 bridgehead atoms. The molecule has 27 heavy (non-hydrogen) atoms. The van der Waals surface area contributed by atoms with Crippen LogP contribution in [-0.4, -0.2) is 43.4 Å². The van der Waals surface area contributed by atoms with Crippen LogP contribution in [0.5, 0.6) is 0 Å². The van der Waals surface area contributed by atoms with E-state index >= 15 is 0 Å². The molecule has 0 saturated heterocycles. The SMILES string of the molecule is CCNC(=NCc1ccc(C(=O)N(C)C)cc1)NC1CCC(C(C)C)CC1. The molecule has 1 aliphatic rings. The molecule has 5 heteroatoms. The summed E-state index contributed by atoms with van der Waals surface area (Å²) >= 11 is 0. The molecule has 1 amide bonds. The fourth-order valence-corrected chi connectivity index (χ4v) is 3.62. The fourth-order valence-electron chi connectivity index (χ4n) is 3.62. The number of rotatable bonds is 6. The van der Waals surface area contributed by atoms with Crippen LogP contribution in [0.3, 0.4) is 0 Å². The predicted molar refractivity (Wildman–Crippen MR) is 113 cm³/mol. The normalized spacial score (nSPS) is 20.4. The summed E-state index contributed by atoms with van der Waals surface area (Å²) in [6.07, 6.45) is 5.04. The lowest BCUT2D eigenvalue weighted by molar-refractivity contribution is 0.0827. The fraction of sp³-hybridized carbons (Fsp3) is 0.636. The smallest absolute Gasteiger partial charge is 0.253 e. The monoisotopic (exact) mass is 372 g/mol. The van der Waals surface area contributed by atoms with Crippen molar-refractivity contribution in [3.63, 3.8) is 0 Å². The van der Waals surface area contributed by atoms with E-state index in [9.17, 15) is 4.79 Å². The molecule has 2 N–H and O–H groups in total. The van der Waals surface area contributed by atoms with Crippen molar-refractivity contribution in [3.8, 4) is 0 Å². The number of guanidine groups is 1. The van der Waals surface area contributed by atoms with Gasteiger partial charge in [-0.2, -0.15) is 0 Å². The molecule has 0 heterocycles. The van der Waals surface area contributed by atoms with Gasteiger partial charge in [0.15, 0.2) is 5.96 Å². The number of benzene rings is 1. The zero-order chi connectivity index (χ0) is 19.8. The van der Waals surface area contributed by atoms with E-state index in [1.165, 1.54) is 25.7 Å². The van der Waals surface area contributed by atoms with Crippen molar-refractivity contribution in [2.24, 2.45) is 16.8 Å². The minimum atomic E-state index is 0.0251. The van der Waals surface area contributed by atoms with Gasteiger partial charge in [-0.1, -0.05) is 26.0 Å². The predicted octanol–water partition coefficient (Wildman–Crippen LogP) is 3.66. The van der Waals surface area contributed by atoms with Crippen molar-refractivity contribution >= 4 is 11.9 Å². The average molecular weight is 373 g/mol. The van der Waals surface area contributed by atoms with Crippen LogP contribution in [0.2, 0.25) is 0 Å². The summed E-state index contributed by atoms with van der Waals surface area (Å²) in [5.41, 5.74) is 1.81. The largest absolute Gasteiger partial charge is 0.357 e. The van der Waals surface area contributed by atoms with Gasteiger partial charge >= 0.3 is 0 Å². The number of carbonyl (C=O) groups excluding carboxylic acids is 1. The third kappa shape index (κ3) is 6.56. The van der Waals surface area contributed by atoms with Gasteiger partial charge in [0.05, 0.1) is 6.54 Å². The van der Waals surface area contributed by atoms with Crippen LogP contribution in [0.4, 0.5) is 0 Å². The van der Waals surface area contributed by atoms with E-state index in [-0.39, 0.29) is 5.91 Å². The molecule has 0 unspecified atom stereocenters. The van der Waals surface area contributed by atoms with Gasteiger partial charge in [0.1, 0.15) is 0 Å². The van der Waals surface area contributed by atoms with E-state index in [1.54, 1.807) is 19.0 Å². The summed E-state index contributed by atoms with van der Waals surface area (Å²) in [6, 6.07) is 8.23. The first-order valence-corrected chi connectivity index (χ1v) is 10.3. The number of hydrogen-bond donors (Lipinski definition) is 2. The number of nitrogens with zero attached hydrogens (tertiary/aromatic N) is 2. The second kappa shape index (κ2) is 10.3. The summed E-state index contributed by atoms with van der Waals surface area (Å²) in [4.78, 5) is 18.3. The molecule has 0 aliphatic heterocycles. The molecule has 1 saturated carbocycles. The van der Waals surface area contributed by atoms with E-state index < -0.39 is 0 Å². The Morgan fingerprint density at radius 2 is 1.78 bits per heavy atom. The van der Waals surface area contributed by atoms with Gasteiger partial charge in [-0.3, -0.25) is 4.79 Å². The van der Waals surface area contributed by atoms with Crippen LogP contribution in [0.15, 0.2) is 29.3 Å². The van der Waals surface area contributed by atoms with Crippen LogP contribution in [0, 0.1) is 11.8 Å². The number of carbonyl (C=O) groups is 1. The molecule has 150 valence electrons. The van der Waals surface area contributed by atoms with Crippen molar-refractivity contribution in [2.75, 3.05) is 20.6 Å². The zero-order valence-corrected chi connectivity index (χ0v) is 17.6. The molecule has 0 aromatic heterocycles. The molecule has 0 spiro atoms. The highest BCUT2D eigenvalue weighted by molar-refractivity contribution is 5.93. The van der Waals surface area contributed by atoms with Gasteiger partial charge in [0.2, 0.25) is 0 Å². The Morgan fingerprint density at radius 3 is 2.30 bits per heavy atom. The molecule has 2 rings (SSSR count). The van der Waals surface area contributed by atoms with Gasteiger partial charge in [-0.25, -0.2) is 4.99 Å². The van der Waals surface area contributed by atoms with Gasteiger partial charge in [-0.15, -0.1) is 0 Å². The summed E-state index contributed by atoms with van der Waals surface area (Å²) in [7, 11) is 3.53. The van der Waals surface area contributed by atoms with Gasteiger partial charge in [0, 0.05) is 32.2 Å². The Labute approximate surface area is 164 Å². The minimum absolute atomic E-state index is 0.0251. The van der Waals surface area contributed by atoms with Crippen LogP contribution >= 0.6 is 0 Å². The highest BCUT2D eigenvalue weighted by Gasteiger charge is 2.23. The summed E-state index contributed by atoms with van der Waals surface area (Å²) < 4.78 is 0. The first-order chi connectivity index (χ1) is 12.9. The topological polar surface area (TPSA) is 56.7 Å². The number of hydrogen-bond acceptors (Lipinski definition) is 2. The summed E-state index contributed by atoms with van der Waals surface area (Å²) in [6.45, 7) is 8.22. The Bertz CT molecular complexity index is 614. The van der Waals surface area contributed by atoms with E-state index in [4.69, 9.17) is 4.99 Å². The van der Waals surface area contributed by atoms with Crippen LogP contribution in [0.25, 0.3) is 0 Å². The molecule has 5 nitrogen and oxygen atoms in total. The van der Waals surface area contributed by atoms with E-state index in [0.717, 1.165) is 29.9 Å². The van der Waals surface area contributed by atoms with Crippen molar-refractivity contribution < 1.29 is 4.79 Å². The summed E-state index contributed by atoms with van der Waals surface area (Å²) in [5, 5.41) is 6.97. The van der Waals surface area contributed by atoms with E-state index in [2.05, 4.69) is 31.4 Å². The second-order valence-corrected chi connectivity index (χ2v) is 8.09. The molecule has 0 radical (unpaired) electrons. The molecule has 1 aromatic carbocycles. The van der Waals surface area contributed by atoms with Crippen molar-refractivity contribution in [1.82, 2.24) is 15.5 Å². The van der Waals surface area contributed by atoms with E-state index in [1.807, 2.05) is 24.3 Å². The minimum Gasteiger partial charge on any atom is -0.357 e. The maximum Gasteiger partial charge on any atom is 0.253 e. The Hall–Kier alpha value is -2.04. The quantitative estimate of drug-likeness (QED) is 0.592. The maximum absolute atomic E-state index is 12.0. The third-order valence-electron chi connectivity index (χ3n) is 5.43. The Balaban J connectivity index is 1.92. The van der Waals surface area contributed by atoms with Gasteiger partial charge in [0.25, 0.3) is 5.91 Å². The first kappa shape index (κ1) is 21.3. The molecular formula is C22H36N4O. The highest BCUT2D eigenvalue weighted by atomic mass is 16.2. The summed E-state index contributed by atoms with van der Waals surface area (Å²) in [5.74, 6) is 2.57. The van der Waals surface area contributed by atoms with Crippen molar-refractivity contribution in [2.45, 2.75) is 59.0 Å². The van der Waals surface area contributed by atoms with Gasteiger partial charge in [-0.05, 0) is 62.1 Å². The number of aliphatic imine (C=N–C) groups is 1. The van der Waals surface area contributed by atoms with Crippen molar-refractivity contribution in [1.29, 1.82) is 0 Å². The van der Waals surface area contributed by atoms with Crippen LogP contribution < -0.4 is 10.6 Å². The lowest BCUT2D eigenvalue weighted by atomic mass is 9.80. The maximum atomic E-state index is 12.0. The van der Waals surface area contributed by atoms with Crippen LogP contribution in [0.1, 0.15) is 62.4 Å². The molecule has 1 aromatic rings. The standard InChI is InChI=1S/C22H36N4O/c1-6-23-22(25-20-13-11-18(12-14-20)16(2)3)24-15-17-7-9-19(10-8-17)21(27)26(4)5/h7-10,16,18,20H,6,11-15H2,1-5H3,(H2,23,24,25). The van der Waals surface area contributed by atoms with Crippen molar-refractivity contribution in [3.05, 3.63) is 35.4 Å². The number of nitrogens with one attached hydrogen (secondary N) is 2. The molecule has 0 atom stereocenters. The lowest BCUT2D eigenvalue weighted by Crippen LogP contribution is -2.45. The Morgan fingerprint density at radius 1 is 1.15 bits per heavy atom. The first-order valence-electron chi connectivity index (χ1n) is 10.3. The third-order valence-corrected chi connectivity index (χ3v) is 5.43. The van der Waals surface area contributed by atoms with Gasteiger partial charge < -0.3 is 15.5 Å². The molecule has 1 fully saturated rings. The lowest BCUT2D eigenvalue weighted by Gasteiger charge is -2.32. The number of amides is 1. The molecular weight excluding hydrogens is 336 g/mol. The highest BCUT2D eigenvalue weighted by Crippen LogP contribution is 2.29.